The second kappa shape index (κ2) is 17.2. The quantitative estimate of drug-likeness (QED) is 0.215. The fourth-order valence-corrected chi connectivity index (χ4v) is 3.43. The molecule has 2 unspecified atom stereocenters. The van der Waals surface area contributed by atoms with Gasteiger partial charge in [-0.2, -0.15) is 0 Å². The molecular weight excluding hydrogens is 388 g/mol. The molecule has 0 aliphatic carbocycles. The van der Waals surface area contributed by atoms with Gasteiger partial charge >= 0.3 is 0 Å². The van der Waals surface area contributed by atoms with Gasteiger partial charge in [-0.05, 0) is 30.5 Å². The summed E-state index contributed by atoms with van der Waals surface area (Å²) >= 11 is 0. The molecule has 176 valence electrons. The third-order valence-electron chi connectivity index (χ3n) is 5.57. The molecule has 2 aliphatic rings. The van der Waals surface area contributed by atoms with Crippen molar-refractivity contribution >= 4 is 6.08 Å². The lowest BCUT2D eigenvalue weighted by molar-refractivity contribution is 0.102. The van der Waals surface area contributed by atoms with Crippen molar-refractivity contribution in [2.45, 2.75) is 96.2 Å². The fourth-order valence-electron chi connectivity index (χ4n) is 3.43. The van der Waals surface area contributed by atoms with Crippen LogP contribution in [-0.4, -0.2) is 43.7 Å². The Balaban J connectivity index is 0.000000309. The first-order valence-electron chi connectivity index (χ1n) is 12.5. The molecule has 2 saturated heterocycles. The molecule has 1 aromatic rings. The lowest BCUT2D eigenvalue weighted by Crippen LogP contribution is -2.06. The van der Waals surface area contributed by atoms with Crippen molar-refractivity contribution in [1.82, 2.24) is 0 Å². The fraction of sp³-hybridized carbons (Fsp3) is 0.704. The summed E-state index contributed by atoms with van der Waals surface area (Å²) < 4.78 is 15.1. The minimum atomic E-state index is 0.344. The number of hydrogen-bond acceptors (Lipinski definition) is 4. The van der Waals surface area contributed by atoms with Gasteiger partial charge in [-0.1, -0.05) is 95.4 Å². The number of ether oxygens (including phenoxy) is 3. The number of unbranched alkanes of at least 4 members (excludes halogenated alkanes) is 11. The number of benzene rings is 1. The maximum atomic E-state index is 9.38. The highest BCUT2D eigenvalue weighted by atomic mass is 16.6. The van der Waals surface area contributed by atoms with E-state index in [9.17, 15) is 5.11 Å². The van der Waals surface area contributed by atoms with Crippen LogP contribution in [-0.2, 0) is 14.2 Å². The predicted octanol–water partition coefficient (Wildman–Crippen LogP) is 6.91. The van der Waals surface area contributed by atoms with Crippen molar-refractivity contribution in [3.63, 3.8) is 0 Å². The molecule has 2 fully saturated rings. The van der Waals surface area contributed by atoms with Crippen molar-refractivity contribution < 1.29 is 19.3 Å². The van der Waals surface area contributed by atoms with E-state index in [0.29, 0.717) is 18.0 Å². The van der Waals surface area contributed by atoms with E-state index in [1.54, 1.807) is 12.1 Å². The minimum absolute atomic E-state index is 0.344. The third-order valence-corrected chi connectivity index (χ3v) is 5.57. The van der Waals surface area contributed by atoms with E-state index in [2.05, 4.69) is 19.1 Å². The highest BCUT2D eigenvalue weighted by Crippen LogP contribution is 2.15. The zero-order chi connectivity index (χ0) is 22.0. The Labute approximate surface area is 190 Å². The first-order valence-corrected chi connectivity index (χ1v) is 12.5. The van der Waals surface area contributed by atoms with Crippen LogP contribution >= 0.6 is 0 Å². The molecule has 1 aromatic carbocycles. The van der Waals surface area contributed by atoms with Gasteiger partial charge in [-0.3, -0.25) is 0 Å². The molecule has 0 radical (unpaired) electrons. The van der Waals surface area contributed by atoms with Crippen LogP contribution in [0.5, 0.6) is 5.75 Å². The molecule has 2 heterocycles. The summed E-state index contributed by atoms with van der Waals surface area (Å²) in [6.07, 6.45) is 21.6. The van der Waals surface area contributed by atoms with Gasteiger partial charge in [0.25, 0.3) is 0 Å². The Kier molecular flexibility index (Phi) is 14.4. The van der Waals surface area contributed by atoms with Crippen molar-refractivity contribution in [2.24, 2.45) is 0 Å². The highest BCUT2D eigenvalue weighted by molar-refractivity contribution is 5.51. The zero-order valence-corrected chi connectivity index (χ0v) is 19.6. The summed E-state index contributed by atoms with van der Waals surface area (Å²) in [6.45, 7) is 5.54. The summed E-state index contributed by atoms with van der Waals surface area (Å²) in [5, 5.41) is 9.38. The standard InChI is InChI=1S/C21H34O.C6H10O3/c1-2-3-4-5-6-7-8-9-10-11-12-13-14-16-20-17-15-18-21(22)19-20;1(5-3-8-5)7-2-6-4-9-6/h14-19,22H,2-13H2,1H3;5-6H,1-4H2. The summed E-state index contributed by atoms with van der Waals surface area (Å²) in [4.78, 5) is 0. The Morgan fingerprint density at radius 1 is 0.871 bits per heavy atom. The molecule has 4 nitrogen and oxygen atoms in total. The largest absolute Gasteiger partial charge is 0.508 e. The summed E-state index contributed by atoms with van der Waals surface area (Å²) in [7, 11) is 0. The first kappa shape index (κ1) is 25.9. The Morgan fingerprint density at radius 3 is 1.94 bits per heavy atom. The van der Waals surface area contributed by atoms with E-state index in [4.69, 9.17) is 14.2 Å². The van der Waals surface area contributed by atoms with Crippen LogP contribution in [0, 0.1) is 0 Å². The summed E-state index contributed by atoms with van der Waals surface area (Å²) in [5.74, 6) is 0.344. The van der Waals surface area contributed by atoms with Crippen LogP contribution in [0.25, 0.3) is 6.08 Å². The van der Waals surface area contributed by atoms with E-state index in [0.717, 1.165) is 38.4 Å². The van der Waals surface area contributed by atoms with E-state index in [1.165, 1.54) is 70.6 Å². The molecule has 0 saturated carbocycles. The second-order valence-electron chi connectivity index (χ2n) is 8.77. The van der Waals surface area contributed by atoms with E-state index in [1.807, 2.05) is 12.1 Å². The van der Waals surface area contributed by atoms with E-state index >= 15 is 0 Å². The van der Waals surface area contributed by atoms with Crippen LogP contribution in [0.4, 0.5) is 0 Å². The number of aromatic hydroxyl groups is 1. The van der Waals surface area contributed by atoms with Crippen LogP contribution in [0.3, 0.4) is 0 Å². The van der Waals surface area contributed by atoms with Gasteiger partial charge in [0.2, 0.25) is 0 Å². The molecule has 0 amide bonds. The van der Waals surface area contributed by atoms with Crippen LogP contribution in [0.2, 0.25) is 0 Å². The van der Waals surface area contributed by atoms with Crippen molar-refractivity contribution in [1.29, 1.82) is 0 Å². The van der Waals surface area contributed by atoms with Crippen molar-refractivity contribution in [3.05, 3.63) is 35.9 Å². The topological polar surface area (TPSA) is 54.5 Å². The van der Waals surface area contributed by atoms with E-state index in [-0.39, 0.29) is 0 Å². The SMILES string of the molecule is C(OCC1CO1)C1CO1.CCCCCCCCCCCCCC=Cc1cccc(O)c1. The summed E-state index contributed by atoms with van der Waals surface area (Å²) in [5.41, 5.74) is 1.09. The van der Waals surface area contributed by atoms with Gasteiger partial charge in [0, 0.05) is 0 Å². The zero-order valence-electron chi connectivity index (χ0n) is 19.6. The molecule has 0 bridgehead atoms. The molecule has 0 spiro atoms. The van der Waals surface area contributed by atoms with Gasteiger partial charge in [0.15, 0.2) is 0 Å². The maximum absolute atomic E-state index is 9.38. The van der Waals surface area contributed by atoms with Crippen LogP contribution < -0.4 is 0 Å². The molecule has 4 heteroatoms. The van der Waals surface area contributed by atoms with Crippen LogP contribution in [0.1, 0.15) is 89.5 Å². The van der Waals surface area contributed by atoms with Gasteiger partial charge in [0.05, 0.1) is 26.4 Å². The molecule has 2 aliphatic heterocycles. The molecule has 3 rings (SSSR count). The van der Waals surface area contributed by atoms with Gasteiger partial charge in [0.1, 0.15) is 18.0 Å². The normalized spacial score (nSPS) is 19.3. The number of hydrogen-bond donors (Lipinski definition) is 1. The molecule has 0 aromatic heterocycles. The van der Waals surface area contributed by atoms with Crippen LogP contribution in [0.15, 0.2) is 30.3 Å². The lowest BCUT2D eigenvalue weighted by atomic mass is 10.1. The number of phenols is 1. The minimum Gasteiger partial charge on any atom is -0.508 e. The van der Waals surface area contributed by atoms with Gasteiger partial charge in [-0.15, -0.1) is 0 Å². The van der Waals surface area contributed by atoms with Crippen molar-refractivity contribution in [3.8, 4) is 5.75 Å². The third kappa shape index (κ3) is 16.0. The summed E-state index contributed by atoms with van der Waals surface area (Å²) in [6, 6.07) is 7.42. The lowest BCUT2D eigenvalue weighted by Gasteiger charge is -2.01. The number of rotatable bonds is 17. The number of phenolic OH excluding ortho intramolecular Hbond substituents is 1. The second-order valence-corrected chi connectivity index (χ2v) is 8.77. The van der Waals surface area contributed by atoms with E-state index < -0.39 is 0 Å². The average Bonchev–Trinajstić information content (AvgIpc) is 3.68. The van der Waals surface area contributed by atoms with Gasteiger partial charge < -0.3 is 19.3 Å². The number of epoxide rings is 2. The smallest absolute Gasteiger partial charge is 0.116 e. The Hall–Kier alpha value is -1.36. The first-order chi connectivity index (χ1) is 15.3. The highest BCUT2D eigenvalue weighted by Gasteiger charge is 2.26. The van der Waals surface area contributed by atoms with Crippen molar-refractivity contribution in [2.75, 3.05) is 26.4 Å². The maximum Gasteiger partial charge on any atom is 0.116 e. The average molecular weight is 433 g/mol. The monoisotopic (exact) mass is 432 g/mol. The molecule has 31 heavy (non-hydrogen) atoms. The predicted molar refractivity (Wildman–Crippen MR) is 129 cm³/mol. The molecule has 1 N–H and O–H groups in total. The molecular formula is C27H44O4. The Morgan fingerprint density at radius 2 is 1.42 bits per heavy atom. The van der Waals surface area contributed by atoms with Gasteiger partial charge in [-0.25, -0.2) is 0 Å². The molecule has 2 atom stereocenters. The Bertz CT molecular complexity index is 566. The number of allylic oxidation sites excluding steroid dienone is 1.